The summed E-state index contributed by atoms with van der Waals surface area (Å²) in [6, 6.07) is 48.5. The molecule has 0 saturated carbocycles. The molecule has 1 aromatic heterocycles. The van der Waals surface area contributed by atoms with E-state index >= 15 is 0 Å². The number of allylic oxidation sites excluding steroid dienone is 2. The molecule has 10 rings (SSSR count). The highest BCUT2D eigenvalue weighted by Gasteiger charge is 2.36. The molecule has 5 nitrogen and oxygen atoms in total. The van der Waals surface area contributed by atoms with E-state index in [9.17, 15) is 0 Å². The first kappa shape index (κ1) is 29.5. The molecule has 6 aromatic carbocycles. The second-order valence-electron chi connectivity index (χ2n) is 14.4. The summed E-state index contributed by atoms with van der Waals surface area (Å²) in [4.78, 5) is 0. The molecular formula is C45H39N5. The fraction of sp³-hybridized carbons (Fsp3) is 0.156. The van der Waals surface area contributed by atoms with E-state index in [1.165, 1.54) is 71.5 Å². The van der Waals surface area contributed by atoms with Gasteiger partial charge in [0.05, 0.1) is 29.5 Å². The minimum Gasteiger partial charge on any atom is -0.367 e. The lowest BCUT2D eigenvalue weighted by atomic mass is 9.82. The van der Waals surface area contributed by atoms with E-state index in [0.29, 0.717) is 0 Å². The van der Waals surface area contributed by atoms with E-state index in [0.717, 1.165) is 12.4 Å². The standard InChI is InChI=1S/C45H39N5/c1-45(2)37-21-10-8-18-32(37)35-25-36-33-19-9-11-22-39(33)50(40(36)26-38(35)45)41-24-23-30(27-46-41)43-47-42(29-14-4-3-5-15-29)48-44(49-43)34-20-12-16-28-13-6-7-17-31(28)34/h3-26,42-44,46-49H,27H2,1-2H3. The number of fused-ring (bicyclic) bond motifs is 7. The second kappa shape index (κ2) is 11.3. The van der Waals surface area contributed by atoms with E-state index in [1.54, 1.807) is 0 Å². The molecule has 0 spiro atoms. The van der Waals surface area contributed by atoms with E-state index in [4.69, 9.17) is 0 Å². The van der Waals surface area contributed by atoms with Gasteiger partial charge in [-0.1, -0.05) is 135 Å². The zero-order valence-corrected chi connectivity index (χ0v) is 28.2. The Labute approximate surface area is 292 Å². The average molecular weight is 650 g/mol. The second-order valence-corrected chi connectivity index (χ2v) is 14.4. The van der Waals surface area contributed by atoms with Crippen LogP contribution in [0.5, 0.6) is 0 Å². The molecule has 4 N–H and O–H groups in total. The number of nitrogens with zero attached hydrogens (tertiary/aromatic N) is 1. The highest BCUT2D eigenvalue weighted by Crippen LogP contribution is 2.51. The molecule has 1 fully saturated rings. The molecule has 0 bridgehead atoms. The number of benzene rings is 6. The predicted molar refractivity (Wildman–Crippen MR) is 206 cm³/mol. The smallest absolute Gasteiger partial charge is 0.111 e. The van der Waals surface area contributed by atoms with Crippen LogP contribution in [0.15, 0.2) is 151 Å². The van der Waals surface area contributed by atoms with Crippen LogP contribution in [0.25, 0.3) is 49.5 Å². The number of rotatable bonds is 4. The molecule has 50 heavy (non-hydrogen) atoms. The molecule has 3 heterocycles. The quantitative estimate of drug-likeness (QED) is 0.154. The Morgan fingerprint density at radius 1 is 0.560 bits per heavy atom. The van der Waals surface area contributed by atoms with Gasteiger partial charge >= 0.3 is 0 Å². The van der Waals surface area contributed by atoms with E-state index in [1.807, 2.05) is 0 Å². The maximum atomic E-state index is 3.92. The van der Waals surface area contributed by atoms with Gasteiger partial charge in [0.2, 0.25) is 0 Å². The summed E-state index contributed by atoms with van der Waals surface area (Å²) in [5.74, 6) is 1.09. The zero-order chi connectivity index (χ0) is 33.4. The minimum absolute atomic E-state index is 0.0235. The van der Waals surface area contributed by atoms with E-state index in [2.05, 4.69) is 185 Å². The molecule has 2 aliphatic heterocycles. The van der Waals surface area contributed by atoms with Crippen molar-refractivity contribution in [3.8, 4) is 11.1 Å². The third-order valence-corrected chi connectivity index (χ3v) is 11.2. The van der Waals surface area contributed by atoms with Crippen molar-refractivity contribution in [2.75, 3.05) is 6.54 Å². The monoisotopic (exact) mass is 649 g/mol. The van der Waals surface area contributed by atoms with Crippen molar-refractivity contribution in [1.29, 1.82) is 0 Å². The van der Waals surface area contributed by atoms with Crippen molar-refractivity contribution in [3.63, 3.8) is 0 Å². The van der Waals surface area contributed by atoms with Gasteiger partial charge < -0.3 is 5.32 Å². The molecule has 3 aliphatic rings. The summed E-state index contributed by atoms with van der Waals surface area (Å²) in [6.07, 6.45) is 4.45. The van der Waals surface area contributed by atoms with Crippen LogP contribution in [-0.2, 0) is 5.41 Å². The van der Waals surface area contributed by atoms with Crippen LogP contribution in [0.1, 0.15) is 48.4 Å². The molecular weight excluding hydrogens is 611 g/mol. The summed E-state index contributed by atoms with van der Waals surface area (Å²) in [7, 11) is 0. The zero-order valence-electron chi connectivity index (χ0n) is 28.2. The molecule has 5 heteroatoms. The van der Waals surface area contributed by atoms with Crippen molar-refractivity contribution in [1.82, 2.24) is 25.8 Å². The molecule has 0 amide bonds. The average Bonchev–Trinajstić information content (AvgIpc) is 3.62. The lowest BCUT2D eigenvalue weighted by molar-refractivity contribution is 0.221. The van der Waals surface area contributed by atoms with Crippen LogP contribution in [0.3, 0.4) is 0 Å². The highest BCUT2D eigenvalue weighted by atomic mass is 15.4. The van der Waals surface area contributed by atoms with Crippen molar-refractivity contribution in [2.45, 2.75) is 37.8 Å². The van der Waals surface area contributed by atoms with Gasteiger partial charge in [-0.05, 0) is 74.0 Å². The maximum Gasteiger partial charge on any atom is 0.111 e. The summed E-state index contributed by atoms with van der Waals surface area (Å²) in [5.41, 5.74) is 11.6. The van der Waals surface area contributed by atoms with Crippen molar-refractivity contribution < 1.29 is 0 Å². The van der Waals surface area contributed by atoms with Gasteiger partial charge in [0.15, 0.2) is 0 Å². The topological polar surface area (TPSA) is 53.1 Å². The number of nitrogens with one attached hydrogen (secondary N) is 4. The Morgan fingerprint density at radius 3 is 2.14 bits per heavy atom. The summed E-state index contributed by atoms with van der Waals surface area (Å²) in [6.45, 7) is 5.43. The Bertz CT molecular complexity index is 2520. The molecule has 1 saturated heterocycles. The highest BCUT2D eigenvalue weighted by molar-refractivity contribution is 6.12. The number of hydrogen-bond acceptors (Lipinski definition) is 4. The summed E-state index contributed by atoms with van der Waals surface area (Å²) < 4.78 is 2.42. The lowest BCUT2D eigenvalue weighted by Crippen LogP contribution is -2.60. The van der Waals surface area contributed by atoms with Crippen molar-refractivity contribution in [2.24, 2.45) is 0 Å². The SMILES string of the molecule is CC1(C)c2ccccc2-c2cc3c4ccccc4n(C4=CC=C(C5NC(c6ccccc6)NC(c6cccc7ccccc67)N5)CN4)c3cc21. The molecule has 3 unspecified atom stereocenters. The minimum atomic E-state index is -0.0644. The first-order valence-corrected chi connectivity index (χ1v) is 17.7. The Hall–Kier alpha value is -5.46. The maximum absolute atomic E-state index is 3.92. The summed E-state index contributed by atoms with van der Waals surface area (Å²) >= 11 is 0. The third-order valence-electron chi connectivity index (χ3n) is 11.2. The van der Waals surface area contributed by atoms with Gasteiger partial charge in [-0.15, -0.1) is 0 Å². The van der Waals surface area contributed by atoms with Crippen LogP contribution in [0, 0.1) is 0 Å². The van der Waals surface area contributed by atoms with Crippen molar-refractivity contribution >= 4 is 38.4 Å². The molecule has 244 valence electrons. The van der Waals surface area contributed by atoms with Crippen LogP contribution in [-0.4, -0.2) is 17.3 Å². The van der Waals surface area contributed by atoms with E-state index in [-0.39, 0.29) is 23.9 Å². The van der Waals surface area contributed by atoms with Crippen LogP contribution in [0.4, 0.5) is 0 Å². The van der Waals surface area contributed by atoms with Gasteiger partial charge in [0, 0.05) is 22.7 Å². The van der Waals surface area contributed by atoms with Gasteiger partial charge in [-0.25, -0.2) is 0 Å². The fourth-order valence-corrected chi connectivity index (χ4v) is 8.65. The first-order valence-electron chi connectivity index (χ1n) is 17.7. The molecule has 3 atom stereocenters. The van der Waals surface area contributed by atoms with Gasteiger partial charge in [-0.3, -0.25) is 20.5 Å². The van der Waals surface area contributed by atoms with Gasteiger partial charge in [-0.2, -0.15) is 0 Å². The Balaban J connectivity index is 1.06. The lowest BCUT2D eigenvalue weighted by Gasteiger charge is -2.41. The third kappa shape index (κ3) is 4.51. The van der Waals surface area contributed by atoms with Crippen molar-refractivity contribution in [3.05, 3.63) is 173 Å². The number of hydrogen-bond donors (Lipinski definition) is 4. The number of dihydropyridines is 1. The number of para-hydroxylation sites is 1. The Morgan fingerprint density at radius 2 is 1.28 bits per heavy atom. The molecule has 1 aliphatic carbocycles. The normalized spacial score (nSPS) is 21.0. The summed E-state index contributed by atoms with van der Waals surface area (Å²) in [5, 5.41) is 20.6. The predicted octanol–water partition coefficient (Wildman–Crippen LogP) is 9.09. The first-order chi connectivity index (χ1) is 24.5. The number of aromatic nitrogens is 1. The van der Waals surface area contributed by atoms with Gasteiger partial charge in [0.25, 0.3) is 0 Å². The molecule has 7 aromatic rings. The van der Waals surface area contributed by atoms with Crippen LogP contribution in [0.2, 0.25) is 0 Å². The van der Waals surface area contributed by atoms with Gasteiger partial charge in [0.1, 0.15) is 5.82 Å². The van der Waals surface area contributed by atoms with E-state index < -0.39 is 0 Å². The largest absolute Gasteiger partial charge is 0.367 e. The van der Waals surface area contributed by atoms with Crippen LogP contribution >= 0.6 is 0 Å². The fourth-order valence-electron chi connectivity index (χ4n) is 8.65. The van der Waals surface area contributed by atoms with Crippen LogP contribution < -0.4 is 21.3 Å². The molecule has 0 radical (unpaired) electrons. The Kier molecular flexibility index (Phi) is 6.65.